The number of ether oxygens (including phenoxy) is 2. The van der Waals surface area contributed by atoms with Gasteiger partial charge in [-0.1, -0.05) is 36.4 Å². The summed E-state index contributed by atoms with van der Waals surface area (Å²) in [6.07, 6.45) is 0. The number of carbonyl (C=O) groups excluding carboxylic acids is 2. The Morgan fingerprint density at radius 3 is 1.94 bits per heavy atom. The lowest BCUT2D eigenvalue weighted by Gasteiger charge is -2.26. The predicted molar refractivity (Wildman–Crippen MR) is 141 cm³/mol. The Bertz CT molecular complexity index is 1510. The molecule has 1 aromatic heterocycles. The van der Waals surface area contributed by atoms with E-state index in [1.807, 2.05) is 44.2 Å². The van der Waals surface area contributed by atoms with E-state index in [9.17, 15) is 9.59 Å². The highest BCUT2D eigenvalue weighted by molar-refractivity contribution is 7.50. The van der Waals surface area contributed by atoms with Crippen LogP contribution in [-0.2, 0) is 15.1 Å². The Balaban J connectivity index is 1.43. The summed E-state index contributed by atoms with van der Waals surface area (Å²) in [7, 11) is -0.212. The SMILES string of the molecule is CC(=O)Oc1cccc(C(C)(C)OC(=O)c2ccc(-[s+]3c4ccccc4c4ccccc43)cc2)c1. The highest BCUT2D eigenvalue weighted by Crippen LogP contribution is 2.48. The minimum atomic E-state index is -0.906. The van der Waals surface area contributed by atoms with Gasteiger partial charge in [0, 0.05) is 28.2 Å². The van der Waals surface area contributed by atoms with Crippen molar-refractivity contribution < 1.29 is 19.1 Å². The van der Waals surface area contributed by atoms with E-state index in [1.165, 1.54) is 27.1 Å². The van der Waals surface area contributed by atoms with E-state index in [1.54, 1.807) is 18.2 Å². The number of rotatable bonds is 5. The van der Waals surface area contributed by atoms with Crippen molar-refractivity contribution in [3.8, 4) is 10.6 Å². The number of benzene rings is 4. The number of carbonyl (C=O) groups is 2. The van der Waals surface area contributed by atoms with E-state index in [-0.39, 0.29) is 10.5 Å². The molecule has 0 radical (unpaired) electrons. The predicted octanol–water partition coefficient (Wildman–Crippen LogP) is 7.75. The Morgan fingerprint density at radius 2 is 1.34 bits per heavy atom. The van der Waals surface area contributed by atoms with Crippen molar-refractivity contribution in [1.29, 1.82) is 0 Å². The number of hydrogen-bond acceptors (Lipinski definition) is 4. The molecule has 4 aromatic carbocycles. The maximum atomic E-state index is 13.0. The van der Waals surface area contributed by atoms with Gasteiger partial charge in [-0.2, -0.15) is 0 Å². The van der Waals surface area contributed by atoms with E-state index in [0.29, 0.717) is 11.3 Å². The summed E-state index contributed by atoms with van der Waals surface area (Å²) in [5.74, 6) is -0.387. The molecule has 0 aliphatic heterocycles. The molecule has 0 saturated heterocycles. The zero-order valence-corrected chi connectivity index (χ0v) is 20.6. The fourth-order valence-electron chi connectivity index (χ4n) is 4.28. The van der Waals surface area contributed by atoms with Crippen LogP contribution in [0.1, 0.15) is 36.7 Å². The van der Waals surface area contributed by atoms with Crippen molar-refractivity contribution in [1.82, 2.24) is 0 Å². The molecular weight excluding hydrogens is 456 g/mol. The third-order valence-electron chi connectivity index (χ3n) is 5.97. The van der Waals surface area contributed by atoms with Gasteiger partial charge in [0.25, 0.3) is 0 Å². The first-order chi connectivity index (χ1) is 16.8. The van der Waals surface area contributed by atoms with Gasteiger partial charge in [0.15, 0.2) is 14.3 Å². The fourth-order valence-corrected chi connectivity index (χ4v) is 6.66. The molecule has 5 heteroatoms. The zero-order chi connectivity index (χ0) is 24.6. The summed E-state index contributed by atoms with van der Waals surface area (Å²) in [5, 5.41) is 2.54. The summed E-state index contributed by atoms with van der Waals surface area (Å²) in [4.78, 5) is 25.5. The van der Waals surface area contributed by atoms with E-state index in [2.05, 4.69) is 48.5 Å². The van der Waals surface area contributed by atoms with E-state index in [4.69, 9.17) is 9.47 Å². The van der Waals surface area contributed by atoms with Crippen LogP contribution in [0.25, 0.3) is 25.1 Å². The van der Waals surface area contributed by atoms with Gasteiger partial charge in [-0.05, 0) is 80.1 Å². The van der Waals surface area contributed by atoms with Crippen molar-refractivity contribution in [2.45, 2.75) is 26.4 Å². The topological polar surface area (TPSA) is 52.6 Å². The summed E-state index contributed by atoms with van der Waals surface area (Å²) in [6.45, 7) is 4.99. The minimum absolute atomic E-state index is 0.212. The Labute approximate surface area is 206 Å². The maximum absolute atomic E-state index is 13.0. The van der Waals surface area contributed by atoms with Crippen molar-refractivity contribution in [3.05, 3.63) is 108 Å². The van der Waals surface area contributed by atoms with Crippen molar-refractivity contribution in [2.24, 2.45) is 0 Å². The average Bonchev–Trinajstić information content (AvgIpc) is 3.18. The summed E-state index contributed by atoms with van der Waals surface area (Å²) in [5.41, 5.74) is 0.320. The molecule has 5 rings (SSSR count). The second kappa shape index (κ2) is 9.01. The lowest BCUT2D eigenvalue weighted by molar-refractivity contribution is -0.131. The number of esters is 2. The van der Waals surface area contributed by atoms with Gasteiger partial charge in [0.1, 0.15) is 11.4 Å². The molecule has 0 aliphatic rings. The van der Waals surface area contributed by atoms with Gasteiger partial charge in [0.2, 0.25) is 0 Å². The van der Waals surface area contributed by atoms with Crippen molar-refractivity contribution in [2.75, 3.05) is 0 Å². The molecule has 35 heavy (non-hydrogen) atoms. The molecule has 4 nitrogen and oxygen atoms in total. The molecule has 0 spiro atoms. The van der Waals surface area contributed by atoms with Crippen LogP contribution in [0.2, 0.25) is 0 Å². The van der Waals surface area contributed by atoms with Gasteiger partial charge >= 0.3 is 11.9 Å². The van der Waals surface area contributed by atoms with Gasteiger partial charge in [-0.15, -0.1) is 0 Å². The second-order valence-corrected chi connectivity index (χ2v) is 10.8. The normalized spacial score (nSPS) is 11.5. The molecule has 1 heterocycles. The lowest BCUT2D eigenvalue weighted by atomic mass is 9.97. The molecule has 0 unspecified atom stereocenters. The molecule has 0 amide bonds. The highest BCUT2D eigenvalue weighted by atomic mass is 32.2. The van der Waals surface area contributed by atoms with Crippen LogP contribution in [0, 0.1) is 0 Å². The fraction of sp³-hybridized carbons (Fsp3) is 0.133. The quantitative estimate of drug-likeness (QED) is 0.146. The third-order valence-corrected chi connectivity index (χ3v) is 8.30. The first kappa shape index (κ1) is 22.8. The van der Waals surface area contributed by atoms with Crippen LogP contribution in [0.5, 0.6) is 5.75 Å². The highest BCUT2D eigenvalue weighted by Gasteiger charge is 2.28. The monoisotopic (exact) mass is 481 g/mol. The summed E-state index contributed by atoms with van der Waals surface area (Å²) in [6, 6.07) is 31.8. The second-order valence-electron chi connectivity index (χ2n) is 8.84. The Morgan fingerprint density at radius 1 is 0.743 bits per heavy atom. The van der Waals surface area contributed by atoms with Crippen LogP contribution in [0.3, 0.4) is 0 Å². The molecule has 0 atom stereocenters. The van der Waals surface area contributed by atoms with E-state index >= 15 is 0 Å². The summed E-state index contributed by atoms with van der Waals surface area (Å²) < 4.78 is 13.7. The van der Waals surface area contributed by atoms with Gasteiger partial charge in [0.05, 0.1) is 5.56 Å². The molecule has 5 aromatic rings. The Hall–Kier alpha value is -3.96. The smallest absolute Gasteiger partial charge is 0.338 e. The first-order valence-corrected chi connectivity index (χ1v) is 12.6. The molecule has 0 saturated carbocycles. The molecule has 0 bridgehead atoms. The van der Waals surface area contributed by atoms with Gasteiger partial charge < -0.3 is 9.47 Å². The largest absolute Gasteiger partial charge is 0.451 e. The van der Waals surface area contributed by atoms with Gasteiger partial charge in [-0.3, -0.25) is 4.79 Å². The first-order valence-electron chi connectivity index (χ1n) is 11.4. The molecule has 0 aliphatic carbocycles. The Kier molecular flexibility index (Phi) is 5.87. The average molecular weight is 482 g/mol. The van der Waals surface area contributed by atoms with Crippen LogP contribution in [0.15, 0.2) is 97.1 Å². The number of hydrogen-bond donors (Lipinski definition) is 0. The zero-order valence-electron chi connectivity index (χ0n) is 19.8. The van der Waals surface area contributed by atoms with E-state index < -0.39 is 17.5 Å². The van der Waals surface area contributed by atoms with Crippen molar-refractivity contribution >= 4 is 42.6 Å². The van der Waals surface area contributed by atoms with Crippen LogP contribution < -0.4 is 4.74 Å². The van der Waals surface area contributed by atoms with Gasteiger partial charge in [-0.25, -0.2) is 4.79 Å². The third kappa shape index (κ3) is 4.43. The van der Waals surface area contributed by atoms with Crippen molar-refractivity contribution in [3.63, 3.8) is 0 Å². The van der Waals surface area contributed by atoms with Crippen LogP contribution >= 0.6 is 10.5 Å². The summed E-state index contributed by atoms with van der Waals surface area (Å²) >= 11 is 0. The van der Waals surface area contributed by atoms with E-state index in [0.717, 1.165) is 10.5 Å². The maximum Gasteiger partial charge on any atom is 0.338 e. The molecular formula is C30H25O4S+. The minimum Gasteiger partial charge on any atom is -0.451 e. The standard InChI is InChI=1S/C30H25O4S/c1-20(31)33-23-10-8-9-22(19-23)30(2,3)34-29(32)21-15-17-24(18-16-21)35-27-13-6-4-11-25(27)26-12-5-7-14-28(26)35/h4-19H,1-3H3/q+1. The number of fused-ring (bicyclic) bond motifs is 3. The molecule has 0 N–H and O–H groups in total. The number of thiophene rings is 1. The molecule has 0 fully saturated rings. The van der Waals surface area contributed by atoms with Crippen LogP contribution in [0.4, 0.5) is 0 Å². The molecule has 174 valence electrons. The van der Waals surface area contributed by atoms with Crippen LogP contribution in [-0.4, -0.2) is 11.9 Å². The lowest BCUT2D eigenvalue weighted by Crippen LogP contribution is -2.25.